The van der Waals surface area contributed by atoms with Crippen LogP contribution in [0.25, 0.3) is 0 Å². The zero-order valence-corrected chi connectivity index (χ0v) is 18.0. The largest absolute Gasteiger partial charge is 0.457 e. The summed E-state index contributed by atoms with van der Waals surface area (Å²) in [6.07, 6.45) is 0.395. The minimum atomic E-state index is 0.0203. The molecule has 0 unspecified atom stereocenters. The highest BCUT2D eigenvalue weighted by Crippen LogP contribution is 2.25. The fourth-order valence-corrected chi connectivity index (χ4v) is 3.65. The average molecular weight is 416 g/mol. The van der Waals surface area contributed by atoms with E-state index in [4.69, 9.17) is 4.74 Å². The van der Waals surface area contributed by atoms with Gasteiger partial charge in [-0.3, -0.25) is 4.79 Å². The SMILES string of the molecule is CN1CCN(c2ccc(Oc3ccc(CNC(=O)Cc4ccccc4)cc3)cc2)CC1. The first-order chi connectivity index (χ1) is 15.2. The zero-order chi connectivity index (χ0) is 21.5. The number of nitrogens with zero attached hydrogens (tertiary/aromatic N) is 2. The van der Waals surface area contributed by atoms with Crippen molar-refractivity contribution in [3.05, 3.63) is 90.0 Å². The molecule has 0 bridgehead atoms. The van der Waals surface area contributed by atoms with Gasteiger partial charge in [-0.25, -0.2) is 0 Å². The van der Waals surface area contributed by atoms with Crippen molar-refractivity contribution in [1.82, 2.24) is 10.2 Å². The molecular weight excluding hydrogens is 386 g/mol. The molecule has 0 radical (unpaired) electrons. The lowest BCUT2D eigenvalue weighted by Gasteiger charge is -2.34. The molecule has 1 heterocycles. The van der Waals surface area contributed by atoms with Gasteiger partial charge in [0.2, 0.25) is 5.91 Å². The second-order valence-electron chi connectivity index (χ2n) is 7.97. The summed E-state index contributed by atoms with van der Waals surface area (Å²) < 4.78 is 5.98. The molecule has 4 rings (SSSR count). The molecule has 5 nitrogen and oxygen atoms in total. The number of likely N-dealkylation sites (N-methyl/N-ethyl adjacent to an activating group) is 1. The Labute approximate surface area is 184 Å². The summed E-state index contributed by atoms with van der Waals surface area (Å²) in [5.41, 5.74) is 3.30. The molecule has 0 atom stereocenters. The fourth-order valence-electron chi connectivity index (χ4n) is 3.65. The normalized spacial score (nSPS) is 14.3. The van der Waals surface area contributed by atoms with E-state index in [1.165, 1.54) is 5.69 Å². The molecule has 5 heteroatoms. The standard InChI is InChI=1S/C26H29N3O2/c1-28-15-17-29(18-16-28)23-9-13-25(14-10-23)31-24-11-7-22(8-12-24)20-27-26(30)19-21-5-3-2-4-6-21/h2-14H,15-20H2,1H3,(H,27,30). The van der Waals surface area contributed by atoms with Crippen LogP contribution in [0.4, 0.5) is 5.69 Å². The van der Waals surface area contributed by atoms with Crippen molar-refractivity contribution in [2.75, 3.05) is 38.1 Å². The predicted molar refractivity (Wildman–Crippen MR) is 125 cm³/mol. The molecule has 0 saturated carbocycles. The van der Waals surface area contributed by atoms with Gasteiger partial charge in [0.15, 0.2) is 0 Å². The van der Waals surface area contributed by atoms with Crippen LogP contribution >= 0.6 is 0 Å². The van der Waals surface area contributed by atoms with Crippen LogP contribution < -0.4 is 15.0 Å². The Bertz CT molecular complexity index is 964. The Morgan fingerprint density at radius 2 is 1.42 bits per heavy atom. The summed E-state index contributed by atoms with van der Waals surface area (Å²) in [5, 5.41) is 2.97. The number of ether oxygens (including phenoxy) is 1. The second-order valence-corrected chi connectivity index (χ2v) is 7.97. The van der Waals surface area contributed by atoms with Gasteiger partial charge >= 0.3 is 0 Å². The molecule has 0 aromatic heterocycles. The molecular formula is C26H29N3O2. The van der Waals surface area contributed by atoms with Crippen LogP contribution in [0.5, 0.6) is 11.5 Å². The summed E-state index contributed by atoms with van der Waals surface area (Å²) >= 11 is 0. The number of carbonyl (C=O) groups excluding carboxylic acids is 1. The molecule has 0 spiro atoms. The number of anilines is 1. The van der Waals surface area contributed by atoms with E-state index in [2.05, 4.69) is 34.3 Å². The van der Waals surface area contributed by atoms with E-state index in [1.807, 2.05) is 66.7 Å². The van der Waals surface area contributed by atoms with Gasteiger partial charge in [0.05, 0.1) is 6.42 Å². The van der Waals surface area contributed by atoms with E-state index in [0.717, 1.165) is 48.8 Å². The molecule has 1 amide bonds. The van der Waals surface area contributed by atoms with E-state index in [9.17, 15) is 4.79 Å². The molecule has 1 saturated heterocycles. The highest BCUT2D eigenvalue weighted by molar-refractivity contribution is 5.78. The van der Waals surface area contributed by atoms with Crippen molar-refractivity contribution >= 4 is 11.6 Å². The smallest absolute Gasteiger partial charge is 0.224 e. The maximum atomic E-state index is 12.1. The highest BCUT2D eigenvalue weighted by Gasteiger charge is 2.14. The van der Waals surface area contributed by atoms with Gasteiger partial charge < -0.3 is 19.9 Å². The molecule has 1 fully saturated rings. The summed E-state index contributed by atoms with van der Waals surface area (Å²) in [7, 11) is 2.16. The summed E-state index contributed by atoms with van der Waals surface area (Å²) in [6.45, 7) is 4.81. The van der Waals surface area contributed by atoms with Gasteiger partial charge in [0.25, 0.3) is 0 Å². The van der Waals surface area contributed by atoms with Crippen LogP contribution in [0.15, 0.2) is 78.9 Å². The third-order valence-corrected chi connectivity index (χ3v) is 5.56. The van der Waals surface area contributed by atoms with Crippen LogP contribution in [-0.4, -0.2) is 44.0 Å². The molecule has 1 N–H and O–H groups in total. The van der Waals surface area contributed by atoms with E-state index >= 15 is 0 Å². The maximum Gasteiger partial charge on any atom is 0.224 e. The lowest BCUT2D eigenvalue weighted by Crippen LogP contribution is -2.44. The van der Waals surface area contributed by atoms with Gasteiger partial charge in [-0.1, -0.05) is 42.5 Å². The Morgan fingerprint density at radius 3 is 2.06 bits per heavy atom. The predicted octanol–water partition coefficient (Wildman–Crippen LogP) is 4.09. The minimum absolute atomic E-state index is 0.0203. The van der Waals surface area contributed by atoms with E-state index in [1.54, 1.807) is 0 Å². The van der Waals surface area contributed by atoms with Crippen LogP contribution in [0.1, 0.15) is 11.1 Å². The third-order valence-electron chi connectivity index (χ3n) is 5.56. The number of piperazine rings is 1. The molecule has 1 aliphatic rings. The topological polar surface area (TPSA) is 44.8 Å². The minimum Gasteiger partial charge on any atom is -0.457 e. The molecule has 1 aliphatic heterocycles. The van der Waals surface area contributed by atoms with E-state index in [-0.39, 0.29) is 5.91 Å². The molecule has 0 aliphatic carbocycles. The molecule has 3 aromatic carbocycles. The molecule has 160 valence electrons. The van der Waals surface area contributed by atoms with Gasteiger partial charge in [0.1, 0.15) is 11.5 Å². The van der Waals surface area contributed by atoms with Crippen molar-refractivity contribution < 1.29 is 9.53 Å². The maximum absolute atomic E-state index is 12.1. The molecule has 3 aromatic rings. The lowest BCUT2D eigenvalue weighted by atomic mass is 10.1. The van der Waals surface area contributed by atoms with Crippen molar-refractivity contribution in [2.24, 2.45) is 0 Å². The quantitative estimate of drug-likeness (QED) is 0.631. The number of amides is 1. The van der Waals surface area contributed by atoms with Crippen molar-refractivity contribution in [3.8, 4) is 11.5 Å². The summed E-state index contributed by atoms with van der Waals surface area (Å²) in [4.78, 5) is 16.9. The highest BCUT2D eigenvalue weighted by atomic mass is 16.5. The first-order valence-electron chi connectivity index (χ1n) is 10.8. The third kappa shape index (κ3) is 6.09. The number of hydrogen-bond donors (Lipinski definition) is 1. The van der Waals surface area contributed by atoms with Crippen LogP contribution in [0, 0.1) is 0 Å². The second kappa shape index (κ2) is 10.1. The Morgan fingerprint density at radius 1 is 0.806 bits per heavy atom. The number of carbonyl (C=O) groups is 1. The van der Waals surface area contributed by atoms with Crippen molar-refractivity contribution in [3.63, 3.8) is 0 Å². The number of hydrogen-bond acceptors (Lipinski definition) is 4. The average Bonchev–Trinajstić information content (AvgIpc) is 2.80. The van der Waals surface area contributed by atoms with Gasteiger partial charge in [-0.15, -0.1) is 0 Å². The summed E-state index contributed by atoms with van der Waals surface area (Å²) in [5.74, 6) is 1.63. The van der Waals surface area contributed by atoms with Crippen LogP contribution in [0.2, 0.25) is 0 Å². The zero-order valence-electron chi connectivity index (χ0n) is 18.0. The summed E-state index contributed by atoms with van der Waals surface area (Å²) in [6, 6.07) is 25.9. The molecule has 31 heavy (non-hydrogen) atoms. The number of rotatable bonds is 7. The number of benzene rings is 3. The lowest BCUT2D eigenvalue weighted by molar-refractivity contribution is -0.120. The van der Waals surface area contributed by atoms with Crippen molar-refractivity contribution in [1.29, 1.82) is 0 Å². The van der Waals surface area contributed by atoms with E-state index in [0.29, 0.717) is 13.0 Å². The van der Waals surface area contributed by atoms with Crippen LogP contribution in [-0.2, 0) is 17.8 Å². The Balaban J connectivity index is 1.26. The first-order valence-corrected chi connectivity index (χ1v) is 10.8. The van der Waals surface area contributed by atoms with Gasteiger partial charge in [0, 0.05) is 38.4 Å². The van der Waals surface area contributed by atoms with Crippen molar-refractivity contribution in [2.45, 2.75) is 13.0 Å². The number of nitrogens with one attached hydrogen (secondary N) is 1. The Hall–Kier alpha value is -3.31. The first kappa shape index (κ1) is 20.9. The van der Waals surface area contributed by atoms with Gasteiger partial charge in [-0.2, -0.15) is 0 Å². The van der Waals surface area contributed by atoms with Crippen LogP contribution in [0.3, 0.4) is 0 Å². The fraction of sp³-hybridized carbons (Fsp3) is 0.269. The van der Waals surface area contributed by atoms with Gasteiger partial charge in [-0.05, 0) is 54.6 Å². The van der Waals surface area contributed by atoms with E-state index < -0.39 is 0 Å². The monoisotopic (exact) mass is 415 g/mol. The Kier molecular flexibility index (Phi) is 6.85.